The zero-order chi connectivity index (χ0) is 16.8. The fourth-order valence-corrected chi connectivity index (χ4v) is 3.82. The Bertz CT molecular complexity index is 1070. The molecule has 4 aromatic rings. The van der Waals surface area contributed by atoms with Crippen LogP contribution in [0.25, 0.3) is 22.2 Å². The molecule has 0 radical (unpaired) electrons. The SMILES string of the molecule is OC(CC1c2ccccc2-c2cncn21)c1ccc2ncccc2c1. The molecule has 1 aliphatic rings. The Morgan fingerprint density at radius 1 is 1.08 bits per heavy atom. The van der Waals surface area contributed by atoms with Crippen LogP contribution in [-0.4, -0.2) is 19.6 Å². The number of imidazole rings is 1. The molecule has 2 aromatic heterocycles. The summed E-state index contributed by atoms with van der Waals surface area (Å²) in [4.78, 5) is 8.63. The predicted octanol–water partition coefficient (Wildman–Crippen LogP) is 4.12. The van der Waals surface area contributed by atoms with Crippen LogP contribution in [0, 0.1) is 0 Å². The first-order valence-corrected chi connectivity index (χ1v) is 8.45. The van der Waals surface area contributed by atoms with Gasteiger partial charge in [0.25, 0.3) is 0 Å². The maximum atomic E-state index is 10.9. The number of hydrogen-bond acceptors (Lipinski definition) is 3. The third-order valence-electron chi connectivity index (χ3n) is 5.06. The normalized spacial score (nSPS) is 16.6. The smallest absolute Gasteiger partial charge is 0.0956 e. The van der Waals surface area contributed by atoms with Gasteiger partial charge in [0, 0.05) is 23.6 Å². The molecular formula is C21H17N3O. The largest absolute Gasteiger partial charge is 0.388 e. The van der Waals surface area contributed by atoms with E-state index in [1.807, 2.05) is 48.9 Å². The highest BCUT2D eigenvalue weighted by atomic mass is 16.3. The summed E-state index contributed by atoms with van der Waals surface area (Å²) in [5.41, 5.74) is 5.45. The number of aromatic nitrogens is 3. The van der Waals surface area contributed by atoms with Crippen LogP contribution in [0.1, 0.15) is 29.7 Å². The summed E-state index contributed by atoms with van der Waals surface area (Å²) in [6.07, 6.45) is 5.61. The predicted molar refractivity (Wildman–Crippen MR) is 97.1 cm³/mol. The molecule has 0 saturated heterocycles. The zero-order valence-electron chi connectivity index (χ0n) is 13.6. The minimum atomic E-state index is -0.545. The van der Waals surface area contributed by atoms with E-state index in [-0.39, 0.29) is 6.04 Å². The number of rotatable bonds is 3. The van der Waals surface area contributed by atoms with Gasteiger partial charge >= 0.3 is 0 Å². The van der Waals surface area contributed by atoms with Gasteiger partial charge in [-0.15, -0.1) is 0 Å². The van der Waals surface area contributed by atoms with E-state index in [0.717, 1.165) is 22.2 Å². The Morgan fingerprint density at radius 2 is 2.00 bits per heavy atom. The number of aliphatic hydroxyl groups excluding tert-OH is 1. The van der Waals surface area contributed by atoms with Crippen LogP contribution in [0.3, 0.4) is 0 Å². The maximum Gasteiger partial charge on any atom is 0.0956 e. The lowest BCUT2D eigenvalue weighted by atomic mass is 9.95. The van der Waals surface area contributed by atoms with E-state index in [2.05, 4.69) is 32.7 Å². The van der Waals surface area contributed by atoms with Gasteiger partial charge in [-0.05, 0) is 29.3 Å². The topological polar surface area (TPSA) is 50.9 Å². The van der Waals surface area contributed by atoms with Crippen LogP contribution in [0.5, 0.6) is 0 Å². The third-order valence-corrected chi connectivity index (χ3v) is 5.06. The molecule has 0 bridgehead atoms. The molecule has 0 saturated carbocycles. The van der Waals surface area contributed by atoms with Gasteiger partial charge in [0.1, 0.15) is 0 Å². The monoisotopic (exact) mass is 327 g/mol. The second-order valence-electron chi connectivity index (χ2n) is 6.50. The van der Waals surface area contributed by atoms with Crippen LogP contribution in [0.2, 0.25) is 0 Å². The van der Waals surface area contributed by atoms with Gasteiger partial charge in [-0.25, -0.2) is 4.98 Å². The lowest BCUT2D eigenvalue weighted by Gasteiger charge is -2.19. The summed E-state index contributed by atoms with van der Waals surface area (Å²) < 4.78 is 2.16. The van der Waals surface area contributed by atoms with Gasteiger partial charge < -0.3 is 9.67 Å². The molecule has 2 unspecified atom stereocenters. The third kappa shape index (κ3) is 2.26. The van der Waals surface area contributed by atoms with Crippen LogP contribution >= 0.6 is 0 Å². The fourth-order valence-electron chi connectivity index (χ4n) is 3.82. The first-order chi connectivity index (χ1) is 12.3. The highest BCUT2D eigenvalue weighted by Gasteiger charge is 2.30. The van der Waals surface area contributed by atoms with Crippen molar-refractivity contribution in [1.82, 2.24) is 14.5 Å². The minimum absolute atomic E-state index is 0.105. The molecule has 5 rings (SSSR count). The Hall–Kier alpha value is -2.98. The quantitative estimate of drug-likeness (QED) is 0.616. The Labute approximate surface area is 145 Å². The fraction of sp³-hybridized carbons (Fsp3) is 0.143. The van der Waals surface area contributed by atoms with Crippen LogP contribution < -0.4 is 0 Å². The molecule has 0 spiro atoms. The molecular weight excluding hydrogens is 310 g/mol. The van der Waals surface area contributed by atoms with Crippen molar-refractivity contribution in [3.63, 3.8) is 0 Å². The lowest BCUT2D eigenvalue weighted by Crippen LogP contribution is -2.10. The number of aliphatic hydroxyl groups is 1. The summed E-state index contributed by atoms with van der Waals surface area (Å²) >= 11 is 0. The summed E-state index contributed by atoms with van der Waals surface area (Å²) in [5, 5.41) is 11.9. The molecule has 4 nitrogen and oxygen atoms in total. The Kier molecular flexibility index (Phi) is 3.18. The first-order valence-electron chi connectivity index (χ1n) is 8.45. The van der Waals surface area contributed by atoms with Crippen molar-refractivity contribution >= 4 is 10.9 Å². The molecule has 25 heavy (non-hydrogen) atoms. The summed E-state index contributed by atoms with van der Waals surface area (Å²) in [6.45, 7) is 0. The zero-order valence-corrected chi connectivity index (χ0v) is 13.6. The number of nitrogens with zero attached hydrogens (tertiary/aromatic N) is 3. The molecule has 2 aromatic carbocycles. The first kappa shape index (κ1) is 14.4. The summed E-state index contributed by atoms with van der Waals surface area (Å²) in [7, 11) is 0. The average molecular weight is 327 g/mol. The van der Waals surface area contributed by atoms with Crippen molar-refractivity contribution in [1.29, 1.82) is 0 Å². The molecule has 1 N–H and O–H groups in total. The van der Waals surface area contributed by atoms with Crippen LogP contribution in [-0.2, 0) is 0 Å². The second kappa shape index (κ2) is 5.53. The summed E-state index contributed by atoms with van der Waals surface area (Å²) in [6, 6.07) is 18.4. The molecule has 0 amide bonds. The van der Waals surface area contributed by atoms with Crippen molar-refractivity contribution in [3.05, 3.63) is 84.4 Å². The highest BCUT2D eigenvalue weighted by Crippen LogP contribution is 2.43. The molecule has 1 aliphatic heterocycles. The van der Waals surface area contributed by atoms with E-state index >= 15 is 0 Å². The molecule has 0 aliphatic carbocycles. The van der Waals surface area contributed by atoms with Gasteiger partial charge in [0.2, 0.25) is 0 Å². The number of pyridine rings is 1. The van der Waals surface area contributed by atoms with Crippen molar-refractivity contribution in [2.75, 3.05) is 0 Å². The van der Waals surface area contributed by atoms with Crippen molar-refractivity contribution in [2.24, 2.45) is 0 Å². The number of benzene rings is 2. The van der Waals surface area contributed by atoms with Gasteiger partial charge in [-0.1, -0.05) is 36.4 Å². The van der Waals surface area contributed by atoms with Crippen LogP contribution in [0.15, 0.2) is 73.3 Å². The van der Waals surface area contributed by atoms with Crippen molar-refractivity contribution in [3.8, 4) is 11.3 Å². The standard InChI is InChI=1S/C21H17N3O/c25-21(15-7-8-18-14(10-15)4-3-9-23-18)11-19-16-5-1-2-6-17(16)20-12-22-13-24(19)20/h1-10,12-13,19,21,25H,11H2. The van der Waals surface area contributed by atoms with E-state index < -0.39 is 6.10 Å². The maximum absolute atomic E-state index is 10.9. The number of hydrogen-bond donors (Lipinski definition) is 1. The van der Waals surface area contributed by atoms with E-state index in [1.54, 1.807) is 6.20 Å². The van der Waals surface area contributed by atoms with Crippen LogP contribution in [0.4, 0.5) is 0 Å². The Morgan fingerprint density at radius 3 is 2.96 bits per heavy atom. The van der Waals surface area contributed by atoms with Crippen molar-refractivity contribution in [2.45, 2.75) is 18.6 Å². The van der Waals surface area contributed by atoms with Gasteiger partial charge in [-0.2, -0.15) is 0 Å². The molecule has 3 heterocycles. The Balaban J connectivity index is 1.50. The second-order valence-corrected chi connectivity index (χ2v) is 6.50. The van der Waals surface area contributed by atoms with Gasteiger partial charge in [0.15, 0.2) is 0 Å². The average Bonchev–Trinajstić information content (AvgIpc) is 3.24. The molecule has 122 valence electrons. The highest BCUT2D eigenvalue weighted by molar-refractivity contribution is 5.79. The lowest BCUT2D eigenvalue weighted by molar-refractivity contribution is 0.154. The molecule has 2 atom stereocenters. The minimum Gasteiger partial charge on any atom is -0.388 e. The van der Waals surface area contributed by atoms with Gasteiger partial charge in [0.05, 0.1) is 35.9 Å². The molecule has 0 fully saturated rings. The van der Waals surface area contributed by atoms with Crippen molar-refractivity contribution < 1.29 is 5.11 Å². The van der Waals surface area contributed by atoms with Gasteiger partial charge in [-0.3, -0.25) is 4.98 Å². The summed E-state index contributed by atoms with van der Waals surface area (Å²) in [5.74, 6) is 0. The van der Waals surface area contributed by atoms with E-state index in [1.165, 1.54) is 11.1 Å². The van der Waals surface area contributed by atoms with E-state index in [0.29, 0.717) is 6.42 Å². The van der Waals surface area contributed by atoms with E-state index in [9.17, 15) is 5.11 Å². The number of fused-ring (bicyclic) bond motifs is 4. The van der Waals surface area contributed by atoms with E-state index in [4.69, 9.17) is 0 Å². The molecule has 4 heteroatoms.